The average molecular weight is 510 g/mol. The molecule has 2 heterocycles. The molecule has 1 aliphatic carbocycles. The van der Waals surface area contributed by atoms with E-state index in [0.717, 1.165) is 6.07 Å². The molecule has 6 N–H and O–H groups in total. The fraction of sp³-hybridized carbons (Fsp3) is 0.435. The summed E-state index contributed by atoms with van der Waals surface area (Å²) in [5, 5.41) is 52.1. The van der Waals surface area contributed by atoms with E-state index in [1.807, 2.05) is 0 Å². The zero-order chi connectivity index (χ0) is 26.1. The third-order valence-electron chi connectivity index (χ3n) is 6.37. The summed E-state index contributed by atoms with van der Waals surface area (Å²) in [5.74, 6) is -4.78. The zero-order valence-corrected chi connectivity index (χ0v) is 18.6. The van der Waals surface area contributed by atoms with Crippen molar-refractivity contribution in [3.8, 4) is 0 Å². The van der Waals surface area contributed by atoms with Crippen molar-refractivity contribution >= 4 is 12.1 Å². The fourth-order valence-electron chi connectivity index (χ4n) is 4.57. The number of aliphatic hydroxyl groups is 4. The van der Waals surface area contributed by atoms with Crippen molar-refractivity contribution in [1.29, 1.82) is 0 Å². The highest BCUT2D eigenvalue weighted by Gasteiger charge is 2.49. The second-order valence-electron chi connectivity index (χ2n) is 8.58. The number of hydrogen-bond donors (Lipinski definition) is 6. The first-order valence-electron chi connectivity index (χ1n) is 11.1. The number of fused-ring (bicyclic) bond motifs is 1. The molecule has 1 saturated heterocycles. The quantitative estimate of drug-likeness (QED) is 0.320. The van der Waals surface area contributed by atoms with Gasteiger partial charge in [-0.25, -0.2) is 18.4 Å². The lowest BCUT2D eigenvalue weighted by molar-refractivity contribution is -0.278. The molecular formula is C23H24F2N2O9. The normalized spacial score (nSPS) is 32.2. The maximum Gasteiger partial charge on any atom is 0.410 e. The van der Waals surface area contributed by atoms with Gasteiger partial charge in [-0.3, -0.25) is 4.98 Å². The standard InChI is InChI=1S/C23H24F2N2O9/c24-12-5-1-3-9(14(12)25)10-6-7-13(28)16-11(4-2-8-26-16)15(10)27-23(34)36-22-19(31)17(29)18(30)20(35-22)21(32)33/h1-5,8,10,13,15,17-20,22,28-31H,6-7H2,(H,27,34)(H,32,33)/t10-,13+,15-,17-,18-,19+,20-,22-/m0/s1. The molecule has 8 atom stereocenters. The van der Waals surface area contributed by atoms with Crippen molar-refractivity contribution < 1.29 is 53.4 Å². The number of carbonyl (C=O) groups excluding carboxylic acids is 1. The molecule has 0 saturated carbocycles. The lowest BCUT2D eigenvalue weighted by Gasteiger charge is -2.38. The molecule has 0 unspecified atom stereocenters. The number of aliphatic hydroxyl groups excluding tert-OH is 4. The smallest absolute Gasteiger partial charge is 0.410 e. The van der Waals surface area contributed by atoms with Crippen molar-refractivity contribution in [2.45, 2.75) is 61.6 Å². The molecule has 0 radical (unpaired) electrons. The number of benzene rings is 1. The van der Waals surface area contributed by atoms with Crippen molar-refractivity contribution in [3.05, 3.63) is 65.0 Å². The number of halogens is 2. The predicted molar refractivity (Wildman–Crippen MR) is 114 cm³/mol. The number of carbonyl (C=O) groups is 2. The van der Waals surface area contributed by atoms with Gasteiger partial charge in [0, 0.05) is 12.1 Å². The van der Waals surface area contributed by atoms with Gasteiger partial charge in [0.25, 0.3) is 0 Å². The number of amides is 1. The molecule has 0 bridgehead atoms. The predicted octanol–water partition coefficient (Wildman–Crippen LogP) is 0.630. The molecule has 4 rings (SSSR count). The van der Waals surface area contributed by atoms with Gasteiger partial charge < -0.3 is 40.3 Å². The average Bonchev–Trinajstić information content (AvgIpc) is 2.98. The van der Waals surface area contributed by atoms with Gasteiger partial charge in [0.15, 0.2) is 17.7 Å². The van der Waals surface area contributed by atoms with Crippen LogP contribution in [-0.2, 0) is 14.3 Å². The first-order valence-corrected chi connectivity index (χ1v) is 11.1. The number of ether oxygens (including phenoxy) is 2. The number of nitrogens with one attached hydrogen (secondary N) is 1. The lowest BCUT2D eigenvalue weighted by Crippen LogP contribution is -2.61. The lowest BCUT2D eigenvalue weighted by atomic mass is 9.85. The Bertz CT molecular complexity index is 1140. The number of carboxylic acid groups (broad SMARTS) is 1. The fourth-order valence-corrected chi connectivity index (χ4v) is 4.57. The van der Waals surface area contributed by atoms with Crippen LogP contribution in [-0.4, -0.2) is 73.3 Å². The number of pyridine rings is 1. The maximum absolute atomic E-state index is 14.8. The van der Waals surface area contributed by atoms with Crippen molar-refractivity contribution in [1.82, 2.24) is 10.3 Å². The molecule has 1 aliphatic heterocycles. The monoisotopic (exact) mass is 510 g/mol. The number of rotatable bonds is 4. The second-order valence-corrected chi connectivity index (χ2v) is 8.58. The Kier molecular flexibility index (Phi) is 7.47. The summed E-state index contributed by atoms with van der Waals surface area (Å²) in [6.07, 6.45) is -10.6. The highest BCUT2D eigenvalue weighted by Crippen LogP contribution is 2.43. The van der Waals surface area contributed by atoms with E-state index >= 15 is 0 Å². The Morgan fingerprint density at radius 1 is 1.00 bits per heavy atom. The van der Waals surface area contributed by atoms with Crippen molar-refractivity contribution in [3.63, 3.8) is 0 Å². The zero-order valence-electron chi connectivity index (χ0n) is 18.6. The van der Waals surface area contributed by atoms with Crippen LogP contribution in [0.5, 0.6) is 0 Å². The Balaban J connectivity index is 1.64. The number of aliphatic carboxylic acids is 1. The molecular weight excluding hydrogens is 486 g/mol. The number of nitrogens with zero attached hydrogens (tertiary/aromatic N) is 1. The Labute approximate surface area is 202 Å². The molecule has 1 amide bonds. The van der Waals surface area contributed by atoms with E-state index in [4.69, 9.17) is 14.6 Å². The van der Waals surface area contributed by atoms with E-state index in [9.17, 15) is 38.8 Å². The summed E-state index contributed by atoms with van der Waals surface area (Å²) in [6.45, 7) is 0. The van der Waals surface area contributed by atoms with E-state index < -0.39 is 72.5 Å². The third-order valence-corrected chi connectivity index (χ3v) is 6.37. The maximum atomic E-state index is 14.8. The molecule has 13 heteroatoms. The molecule has 0 spiro atoms. The van der Waals surface area contributed by atoms with Crippen LogP contribution in [0.15, 0.2) is 36.5 Å². The van der Waals surface area contributed by atoms with Gasteiger partial charge in [-0.2, -0.15) is 0 Å². The first-order chi connectivity index (χ1) is 17.1. The van der Waals surface area contributed by atoms with Gasteiger partial charge in [0.05, 0.1) is 17.8 Å². The molecule has 2 aromatic rings. The topological polar surface area (TPSA) is 179 Å². The number of alkyl carbamates (subject to hydrolysis) is 1. The Morgan fingerprint density at radius 3 is 2.44 bits per heavy atom. The minimum atomic E-state index is -2.00. The van der Waals surface area contributed by atoms with Crippen LogP contribution in [0.1, 0.15) is 47.7 Å². The van der Waals surface area contributed by atoms with E-state index in [1.165, 1.54) is 24.4 Å². The third kappa shape index (κ3) is 4.88. The van der Waals surface area contributed by atoms with Crippen LogP contribution in [0.3, 0.4) is 0 Å². The van der Waals surface area contributed by atoms with Gasteiger partial charge >= 0.3 is 12.1 Å². The highest BCUT2D eigenvalue weighted by molar-refractivity contribution is 5.73. The second kappa shape index (κ2) is 10.4. The first kappa shape index (κ1) is 25.9. The van der Waals surface area contributed by atoms with Crippen molar-refractivity contribution in [2.75, 3.05) is 0 Å². The summed E-state index contributed by atoms with van der Waals surface area (Å²) in [4.78, 5) is 28.3. The largest absolute Gasteiger partial charge is 0.479 e. The summed E-state index contributed by atoms with van der Waals surface area (Å²) in [5.41, 5.74) is 0.445. The van der Waals surface area contributed by atoms with E-state index in [0.29, 0.717) is 5.56 Å². The highest BCUT2D eigenvalue weighted by atomic mass is 19.2. The molecule has 194 valence electrons. The SMILES string of the molecule is O=C(N[C@@H]1c2cccnc2[C@H](O)CC[C@H]1c1cccc(F)c1F)O[C@@H]1O[C@H](C(=O)O)[C@@H](O)[C@H](O)[C@H]1O. The van der Waals surface area contributed by atoms with E-state index in [2.05, 4.69) is 10.3 Å². The van der Waals surface area contributed by atoms with E-state index in [1.54, 1.807) is 6.07 Å². The molecule has 1 aromatic heterocycles. The van der Waals surface area contributed by atoms with Gasteiger partial charge in [0.1, 0.15) is 18.3 Å². The summed E-state index contributed by atoms with van der Waals surface area (Å²) in [6, 6.07) is 5.56. The molecule has 11 nitrogen and oxygen atoms in total. The van der Waals surface area contributed by atoms with Gasteiger partial charge in [-0.05, 0) is 36.1 Å². The summed E-state index contributed by atoms with van der Waals surface area (Å²) in [7, 11) is 0. The van der Waals surface area contributed by atoms with Crippen LogP contribution < -0.4 is 5.32 Å². The van der Waals surface area contributed by atoms with Crippen LogP contribution in [0.4, 0.5) is 13.6 Å². The van der Waals surface area contributed by atoms with E-state index in [-0.39, 0.29) is 24.1 Å². The van der Waals surface area contributed by atoms with Gasteiger partial charge in [-0.15, -0.1) is 0 Å². The minimum absolute atomic E-state index is 0.0670. The number of hydrogen-bond acceptors (Lipinski definition) is 9. The summed E-state index contributed by atoms with van der Waals surface area (Å²) < 4.78 is 38.8. The van der Waals surface area contributed by atoms with Crippen molar-refractivity contribution in [2.24, 2.45) is 0 Å². The number of aromatic nitrogens is 1. The van der Waals surface area contributed by atoms with Gasteiger partial charge in [0.2, 0.25) is 6.29 Å². The van der Waals surface area contributed by atoms with Crippen LogP contribution >= 0.6 is 0 Å². The van der Waals surface area contributed by atoms with Crippen LogP contribution in [0.2, 0.25) is 0 Å². The van der Waals surface area contributed by atoms with Crippen LogP contribution in [0, 0.1) is 11.6 Å². The van der Waals surface area contributed by atoms with Gasteiger partial charge in [-0.1, -0.05) is 18.2 Å². The molecule has 2 aliphatic rings. The number of carboxylic acids is 1. The molecule has 1 aromatic carbocycles. The molecule has 36 heavy (non-hydrogen) atoms. The molecule has 1 fully saturated rings. The van der Waals surface area contributed by atoms with Crippen LogP contribution in [0.25, 0.3) is 0 Å². The minimum Gasteiger partial charge on any atom is -0.479 e. The summed E-state index contributed by atoms with van der Waals surface area (Å²) >= 11 is 0. The Hall–Kier alpha value is -3.23. The Morgan fingerprint density at radius 2 is 1.72 bits per heavy atom.